The second-order valence-corrected chi connectivity index (χ2v) is 7.06. The van der Waals surface area contributed by atoms with Gasteiger partial charge in [-0.3, -0.25) is 15.0 Å². The monoisotopic (exact) mass is 477 g/mol. The SMILES string of the molecule is Oc1cccc2cccnc12.Oc1cccc2cccnc12.Oc1cccc2cccnc12.[Ca+2].[H-].[H-]. The Bertz CT molecular complexity index is 1340. The number of phenols is 3. The van der Waals surface area contributed by atoms with Crippen LogP contribution in [0.3, 0.4) is 0 Å². The summed E-state index contributed by atoms with van der Waals surface area (Å²) in [6.07, 6.45) is 5.01. The average molecular weight is 478 g/mol. The van der Waals surface area contributed by atoms with Crippen LogP contribution in [-0.2, 0) is 0 Å². The number of rotatable bonds is 0. The average Bonchev–Trinajstić information content (AvgIpc) is 2.86. The number of aromatic hydroxyl groups is 3. The number of hydrogen-bond donors (Lipinski definition) is 3. The van der Waals surface area contributed by atoms with Gasteiger partial charge in [0.25, 0.3) is 0 Å². The largest absolute Gasteiger partial charge is 2.00 e. The van der Waals surface area contributed by atoms with Crippen molar-refractivity contribution < 1.29 is 18.2 Å². The summed E-state index contributed by atoms with van der Waals surface area (Å²) in [5.74, 6) is 0.717. The maximum absolute atomic E-state index is 9.31. The second-order valence-electron chi connectivity index (χ2n) is 7.06. The number of fused-ring (bicyclic) bond motifs is 3. The van der Waals surface area contributed by atoms with Crippen molar-refractivity contribution in [1.29, 1.82) is 0 Å². The fourth-order valence-corrected chi connectivity index (χ4v) is 3.26. The van der Waals surface area contributed by atoms with Crippen LogP contribution in [0.2, 0.25) is 0 Å². The zero-order valence-corrected chi connectivity index (χ0v) is 20.5. The summed E-state index contributed by atoms with van der Waals surface area (Å²) < 4.78 is 0. The van der Waals surface area contributed by atoms with Gasteiger partial charge in [0.15, 0.2) is 0 Å². The molecule has 6 nitrogen and oxygen atoms in total. The van der Waals surface area contributed by atoms with Gasteiger partial charge >= 0.3 is 37.7 Å². The maximum Gasteiger partial charge on any atom is 2.00 e. The van der Waals surface area contributed by atoms with E-state index in [1.54, 1.807) is 55.0 Å². The third kappa shape index (κ3) is 6.11. The molecule has 0 aliphatic heterocycles. The third-order valence-electron chi connectivity index (χ3n) is 4.83. The zero-order valence-electron chi connectivity index (χ0n) is 20.3. The van der Waals surface area contributed by atoms with Gasteiger partial charge in [-0.2, -0.15) is 0 Å². The Kier molecular flexibility index (Phi) is 8.99. The minimum atomic E-state index is 0. The molecule has 3 heterocycles. The summed E-state index contributed by atoms with van der Waals surface area (Å²) in [6.45, 7) is 0. The molecule has 6 aromatic rings. The van der Waals surface area contributed by atoms with Gasteiger partial charge in [-0.15, -0.1) is 0 Å². The van der Waals surface area contributed by atoms with Crippen molar-refractivity contribution in [2.45, 2.75) is 0 Å². The number of aromatic nitrogens is 3. The van der Waals surface area contributed by atoms with Crippen molar-refractivity contribution >= 4 is 70.4 Å². The molecule has 0 saturated heterocycles. The predicted molar refractivity (Wildman–Crippen MR) is 138 cm³/mol. The van der Waals surface area contributed by atoms with Crippen molar-refractivity contribution in [3.05, 3.63) is 110 Å². The first kappa shape index (κ1) is 25.2. The normalized spacial score (nSPS) is 9.88. The maximum atomic E-state index is 9.31. The smallest absolute Gasteiger partial charge is 1.00 e. The molecular weight excluding hydrogens is 454 g/mol. The summed E-state index contributed by atoms with van der Waals surface area (Å²) in [4.78, 5) is 12.1. The van der Waals surface area contributed by atoms with Gasteiger partial charge in [0.05, 0.1) is 0 Å². The Labute approximate surface area is 229 Å². The number of phenolic OH excluding ortho intramolecular Hbond substituents is 3. The summed E-state index contributed by atoms with van der Waals surface area (Å²) in [7, 11) is 0. The molecule has 166 valence electrons. The number of pyridine rings is 3. The molecule has 3 aromatic heterocycles. The molecule has 3 aromatic carbocycles. The van der Waals surface area contributed by atoms with Crippen molar-refractivity contribution in [2.75, 3.05) is 0 Å². The van der Waals surface area contributed by atoms with Crippen molar-refractivity contribution in [2.24, 2.45) is 0 Å². The summed E-state index contributed by atoms with van der Waals surface area (Å²) >= 11 is 0. The van der Waals surface area contributed by atoms with Crippen molar-refractivity contribution in [3.63, 3.8) is 0 Å². The Morgan fingerprint density at radius 3 is 0.941 bits per heavy atom. The molecule has 0 aliphatic carbocycles. The zero-order chi connectivity index (χ0) is 23.0. The Hall–Kier alpha value is -3.45. The molecule has 7 heteroatoms. The van der Waals surface area contributed by atoms with Crippen LogP contribution >= 0.6 is 0 Å². The number of para-hydroxylation sites is 3. The molecular formula is C27H23CaN3O3. The van der Waals surface area contributed by atoms with E-state index in [9.17, 15) is 15.3 Å². The molecule has 0 atom stereocenters. The van der Waals surface area contributed by atoms with E-state index in [1.807, 2.05) is 54.6 Å². The molecule has 0 bridgehead atoms. The molecule has 0 spiro atoms. The molecule has 6 rings (SSSR count). The number of nitrogens with zero attached hydrogens (tertiary/aromatic N) is 3. The third-order valence-corrected chi connectivity index (χ3v) is 4.83. The first-order valence-electron chi connectivity index (χ1n) is 10.2. The quantitative estimate of drug-likeness (QED) is 0.244. The van der Waals surface area contributed by atoms with Crippen LogP contribution in [0.4, 0.5) is 0 Å². The predicted octanol–water partition coefficient (Wildman–Crippen LogP) is 5.67. The van der Waals surface area contributed by atoms with E-state index in [0.29, 0.717) is 16.6 Å². The van der Waals surface area contributed by atoms with Gasteiger partial charge in [0.2, 0.25) is 0 Å². The van der Waals surface area contributed by atoms with Gasteiger partial charge in [-0.05, 0) is 36.4 Å². The van der Waals surface area contributed by atoms with Gasteiger partial charge in [-0.25, -0.2) is 0 Å². The van der Waals surface area contributed by atoms with Crippen LogP contribution in [0.5, 0.6) is 17.2 Å². The van der Waals surface area contributed by atoms with Crippen LogP contribution in [0.1, 0.15) is 2.85 Å². The standard InChI is InChI=1S/3C9H7NO.Ca.2H/c3*11-8-5-1-3-7-4-2-6-10-9(7)8;;;/h3*1-6,11H;;;/q;;;+2;2*-1. The molecule has 0 radical (unpaired) electrons. The molecule has 0 amide bonds. The minimum Gasteiger partial charge on any atom is -1.00 e. The van der Waals surface area contributed by atoms with Crippen molar-refractivity contribution in [1.82, 2.24) is 15.0 Å². The number of benzene rings is 3. The van der Waals surface area contributed by atoms with E-state index in [4.69, 9.17) is 0 Å². The van der Waals surface area contributed by atoms with Crippen LogP contribution in [0.25, 0.3) is 32.7 Å². The molecule has 0 saturated carbocycles. The second kappa shape index (κ2) is 12.1. The fourth-order valence-electron chi connectivity index (χ4n) is 3.26. The van der Waals surface area contributed by atoms with Crippen LogP contribution < -0.4 is 0 Å². The Morgan fingerprint density at radius 1 is 0.412 bits per heavy atom. The Balaban J connectivity index is 0.000000259. The minimum absolute atomic E-state index is 0. The first-order chi connectivity index (χ1) is 16.1. The summed E-state index contributed by atoms with van der Waals surface area (Å²) in [6, 6.07) is 27.4. The van der Waals surface area contributed by atoms with E-state index in [-0.39, 0.29) is 57.8 Å². The number of hydrogen-bond acceptors (Lipinski definition) is 6. The van der Waals surface area contributed by atoms with E-state index in [1.165, 1.54) is 0 Å². The van der Waals surface area contributed by atoms with E-state index in [0.717, 1.165) is 16.2 Å². The molecule has 3 N–H and O–H groups in total. The van der Waals surface area contributed by atoms with Crippen molar-refractivity contribution in [3.8, 4) is 17.2 Å². The summed E-state index contributed by atoms with van der Waals surface area (Å²) in [5, 5.41) is 30.8. The van der Waals surface area contributed by atoms with Gasteiger partial charge < -0.3 is 18.2 Å². The van der Waals surface area contributed by atoms with Crippen LogP contribution in [0, 0.1) is 0 Å². The fraction of sp³-hybridized carbons (Fsp3) is 0. The Morgan fingerprint density at radius 2 is 0.676 bits per heavy atom. The van der Waals surface area contributed by atoms with E-state index < -0.39 is 0 Å². The molecule has 0 unspecified atom stereocenters. The van der Waals surface area contributed by atoms with Gasteiger partial charge in [0, 0.05) is 34.7 Å². The van der Waals surface area contributed by atoms with Gasteiger partial charge in [-0.1, -0.05) is 54.6 Å². The molecule has 0 fully saturated rings. The van der Waals surface area contributed by atoms with E-state index >= 15 is 0 Å². The molecule has 34 heavy (non-hydrogen) atoms. The first-order valence-corrected chi connectivity index (χ1v) is 10.2. The molecule has 0 aliphatic rings. The van der Waals surface area contributed by atoms with Gasteiger partial charge in [0.1, 0.15) is 33.8 Å². The van der Waals surface area contributed by atoms with E-state index in [2.05, 4.69) is 15.0 Å². The van der Waals surface area contributed by atoms with Crippen LogP contribution in [-0.4, -0.2) is 68.0 Å². The topological polar surface area (TPSA) is 99.4 Å². The van der Waals surface area contributed by atoms with Crippen LogP contribution in [0.15, 0.2) is 110 Å². The summed E-state index contributed by atoms with van der Waals surface area (Å²) in [5.41, 5.74) is 1.99.